The Morgan fingerprint density at radius 3 is 2.58 bits per heavy atom. The predicted molar refractivity (Wildman–Crippen MR) is 73.5 cm³/mol. The first-order valence-corrected chi connectivity index (χ1v) is 6.44. The van der Waals surface area contributed by atoms with E-state index in [1.54, 1.807) is 19.1 Å². The molecule has 1 unspecified atom stereocenters. The lowest BCUT2D eigenvalue weighted by Gasteiger charge is -2.40. The van der Waals surface area contributed by atoms with E-state index in [4.69, 9.17) is 9.84 Å². The molecular weight excluding hydrogens is 244 g/mol. The first-order chi connectivity index (χ1) is 9.17. The fraction of sp³-hybridized carbons (Fsp3) is 0.500. The van der Waals surface area contributed by atoms with Crippen LogP contribution in [-0.2, 0) is 4.79 Å². The zero-order valence-electron chi connectivity index (χ0n) is 11.4. The van der Waals surface area contributed by atoms with Crippen molar-refractivity contribution in [3.8, 4) is 5.75 Å². The van der Waals surface area contributed by atoms with E-state index >= 15 is 0 Å². The predicted octanol–water partition coefficient (Wildman–Crippen LogP) is 0.725. The van der Waals surface area contributed by atoms with E-state index in [2.05, 4.69) is 4.90 Å². The van der Waals surface area contributed by atoms with Crippen molar-refractivity contribution in [1.82, 2.24) is 4.90 Å². The Morgan fingerprint density at radius 2 is 2.00 bits per heavy atom. The summed E-state index contributed by atoms with van der Waals surface area (Å²) in [4.78, 5) is 15.9. The number of aliphatic hydroxyl groups is 1. The number of hydrogen-bond donors (Lipinski definition) is 1. The van der Waals surface area contributed by atoms with Gasteiger partial charge in [0.2, 0.25) is 5.91 Å². The zero-order chi connectivity index (χ0) is 13.8. The molecule has 1 aromatic carbocycles. The lowest BCUT2D eigenvalue weighted by Crippen LogP contribution is -2.56. The number of methoxy groups -OCH3 is 1. The summed E-state index contributed by atoms with van der Waals surface area (Å²) in [7, 11) is 3.43. The van der Waals surface area contributed by atoms with Crippen LogP contribution >= 0.6 is 0 Å². The minimum Gasteiger partial charge on any atom is -0.497 e. The molecule has 19 heavy (non-hydrogen) atoms. The van der Waals surface area contributed by atoms with Crippen molar-refractivity contribution in [3.05, 3.63) is 24.3 Å². The highest BCUT2D eigenvalue weighted by Gasteiger charge is 2.32. The number of benzene rings is 1. The average Bonchev–Trinajstić information content (AvgIpc) is 2.44. The Morgan fingerprint density at radius 1 is 1.32 bits per heavy atom. The van der Waals surface area contributed by atoms with E-state index in [1.807, 2.05) is 24.3 Å². The number of anilines is 1. The maximum Gasteiger partial charge on any atom is 0.245 e. The molecule has 5 heteroatoms. The second-order valence-electron chi connectivity index (χ2n) is 4.68. The molecule has 1 amide bonds. The topological polar surface area (TPSA) is 53.0 Å². The zero-order valence-corrected chi connectivity index (χ0v) is 11.4. The molecule has 1 N–H and O–H groups in total. The molecule has 0 aromatic heterocycles. The smallest absolute Gasteiger partial charge is 0.245 e. The number of amides is 1. The minimum absolute atomic E-state index is 0.0108. The lowest BCUT2D eigenvalue weighted by atomic mass is 10.1. The Hall–Kier alpha value is -1.75. The molecule has 0 spiro atoms. The molecule has 0 aliphatic carbocycles. The van der Waals surface area contributed by atoms with Crippen molar-refractivity contribution in [2.24, 2.45) is 0 Å². The third-order valence-corrected chi connectivity index (χ3v) is 3.52. The number of rotatable bonds is 4. The number of carbonyl (C=O) groups is 1. The number of carbonyl (C=O) groups excluding carboxylic acids is 1. The molecule has 0 saturated carbocycles. The third-order valence-electron chi connectivity index (χ3n) is 3.52. The number of aliphatic hydroxyl groups excluding tert-OH is 1. The molecule has 1 saturated heterocycles. The Bertz CT molecular complexity index is 433. The summed E-state index contributed by atoms with van der Waals surface area (Å²) < 4.78 is 5.14. The monoisotopic (exact) mass is 264 g/mol. The number of hydrogen-bond acceptors (Lipinski definition) is 4. The van der Waals surface area contributed by atoms with Crippen LogP contribution in [0.4, 0.5) is 5.69 Å². The van der Waals surface area contributed by atoms with Gasteiger partial charge in [0.1, 0.15) is 11.8 Å². The standard InChI is InChI=1S/C14H20N2O3/c1-15-8-9-16(13(7-10-17)14(15)18)11-3-5-12(19-2)6-4-11/h3-6,13,17H,7-10H2,1-2H3. The number of likely N-dealkylation sites (N-methyl/N-ethyl adjacent to an activating group) is 1. The summed E-state index contributed by atoms with van der Waals surface area (Å²) in [6, 6.07) is 7.38. The van der Waals surface area contributed by atoms with Gasteiger partial charge < -0.3 is 19.6 Å². The van der Waals surface area contributed by atoms with E-state index in [1.165, 1.54) is 0 Å². The maximum atomic E-state index is 12.2. The third kappa shape index (κ3) is 2.81. The highest BCUT2D eigenvalue weighted by molar-refractivity contribution is 5.86. The molecule has 1 fully saturated rings. The first-order valence-electron chi connectivity index (χ1n) is 6.44. The van der Waals surface area contributed by atoms with Crippen LogP contribution < -0.4 is 9.64 Å². The summed E-state index contributed by atoms with van der Waals surface area (Å²) in [5, 5.41) is 9.15. The number of ether oxygens (including phenoxy) is 1. The van der Waals surface area contributed by atoms with Crippen molar-refractivity contribution in [1.29, 1.82) is 0 Å². The molecule has 104 valence electrons. The second kappa shape index (κ2) is 5.93. The molecule has 2 rings (SSSR count). The lowest BCUT2D eigenvalue weighted by molar-refractivity contribution is -0.133. The van der Waals surface area contributed by atoms with Crippen LogP contribution in [0.3, 0.4) is 0 Å². The fourth-order valence-electron chi connectivity index (χ4n) is 2.40. The minimum atomic E-state index is -0.280. The summed E-state index contributed by atoms with van der Waals surface area (Å²) in [6.07, 6.45) is 0.454. The molecule has 1 aliphatic rings. The van der Waals surface area contributed by atoms with Gasteiger partial charge in [0.15, 0.2) is 0 Å². The van der Waals surface area contributed by atoms with Crippen LogP contribution in [0.1, 0.15) is 6.42 Å². The van der Waals surface area contributed by atoms with Crippen molar-refractivity contribution in [3.63, 3.8) is 0 Å². The van der Waals surface area contributed by atoms with Crippen molar-refractivity contribution < 1.29 is 14.6 Å². The van der Waals surface area contributed by atoms with Gasteiger partial charge in [0.05, 0.1) is 7.11 Å². The van der Waals surface area contributed by atoms with E-state index < -0.39 is 0 Å². The summed E-state index contributed by atoms with van der Waals surface area (Å²) >= 11 is 0. The highest BCUT2D eigenvalue weighted by atomic mass is 16.5. The van der Waals surface area contributed by atoms with Gasteiger partial charge in [-0.05, 0) is 30.7 Å². The number of piperazine rings is 1. The molecule has 5 nitrogen and oxygen atoms in total. The summed E-state index contributed by atoms with van der Waals surface area (Å²) in [5.41, 5.74) is 0.987. The van der Waals surface area contributed by atoms with Crippen LogP contribution in [0.2, 0.25) is 0 Å². The van der Waals surface area contributed by atoms with Gasteiger partial charge in [-0.1, -0.05) is 0 Å². The van der Waals surface area contributed by atoms with Gasteiger partial charge in [-0.25, -0.2) is 0 Å². The van der Waals surface area contributed by atoms with Crippen molar-refractivity contribution in [2.75, 3.05) is 38.8 Å². The van der Waals surface area contributed by atoms with Crippen LogP contribution in [-0.4, -0.2) is 55.8 Å². The maximum absolute atomic E-state index is 12.2. The molecule has 0 radical (unpaired) electrons. The molecule has 1 heterocycles. The fourth-order valence-corrected chi connectivity index (χ4v) is 2.40. The van der Waals surface area contributed by atoms with E-state index in [9.17, 15) is 4.79 Å². The Balaban J connectivity index is 2.22. The first kappa shape index (κ1) is 13.7. The number of nitrogens with zero attached hydrogens (tertiary/aromatic N) is 2. The molecule has 1 aliphatic heterocycles. The second-order valence-corrected chi connectivity index (χ2v) is 4.68. The quantitative estimate of drug-likeness (QED) is 0.871. The largest absolute Gasteiger partial charge is 0.497 e. The van der Waals surface area contributed by atoms with Crippen LogP contribution in [0.15, 0.2) is 24.3 Å². The van der Waals surface area contributed by atoms with Crippen LogP contribution in [0.5, 0.6) is 5.75 Å². The molecular formula is C14H20N2O3. The Kier molecular flexibility index (Phi) is 4.27. The van der Waals surface area contributed by atoms with E-state index in [-0.39, 0.29) is 18.6 Å². The van der Waals surface area contributed by atoms with Gasteiger partial charge in [0, 0.05) is 32.4 Å². The van der Waals surface area contributed by atoms with E-state index in [0.717, 1.165) is 18.0 Å². The SMILES string of the molecule is COc1ccc(N2CCN(C)C(=O)C2CCO)cc1. The van der Waals surface area contributed by atoms with Gasteiger partial charge >= 0.3 is 0 Å². The van der Waals surface area contributed by atoms with E-state index in [0.29, 0.717) is 13.0 Å². The Labute approximate surface area is 113 Å². The van der Waals surface area contributed by atoms with Crippen LogP contribution in [0, 0.1) is 0 Å². The van der Waals surface area contributed by atoms with Crippen molar-refractivity contribution >= 4 is 11.6 Å². The summed E-state index contributed by atoms with van der Waals surface area (Å²) in [6.45, 7) is 1.49. The average molecular weight is 264 g/mol. The summed E-state index contributed by atoms with van der Waals surface area (Å²) in [5.74, 6) is 0.860. The van der Waals surface area contributed by atoms with Gasteiger partial charge in [0.25, 0.3) is 0 Å². The van der Waals surface area contributed by atoms with Gasteiger partial charge in [-0.15, -0.1) is 0 Å². The normalized spacial score (nSPS) is 19.7. The molecule has 0 bridgehead atoms. The van der Waals surface area contributed by atoms with Crippen molar-refractivity contribution in [2.45, 2.75) is 12.5 Å². The molecule has 1 atom stereocenters. The highest BCUT2D eigenvalue weighted by Crippen LogP contribution is 2.24. The van der Waals surface area contributed by atoms with Gasteiger partial charge in [-0.2, -0.15) is 0 Å². The molecule has 1 aromatic rings. The van der Waals surface area contributed by atoms with Crippen LogP contribution in [0.25, 0.3) is 0 Å². The van der Waals surface area contributed by atoms with Gasteiger partial charge in [-0.3, -0.25) is 4.79 Å².